The average molecular weight is 205 g/mol. The first-order chi connectivity index (χ1) is 7.20. The van der Waals surface area contributed by atoms with E-state index < -0.39 is 0 Å². The molecule has 0 saturated carbocycles. The van der Waals surface area contributed by atoms with Crippen LogP contribution in [-0.2, 0) is 16.0 Å². The molecule has 2 rings (SSSR count). The lowest BCUT2D eigenvalue weighted by atomic mass is 10.1. The maximum atomic E-state index is 11.1. The van der Waals surface area contributed by atoms with Crippen molar-refractivity contribution in [1.29, 1.82) is 0 Å². The standard InChI is InChI=1S/C11H11NO3/c1-7-3-4-8-9(6-11(13)14-2)12-15-10(8)5-7/h3-5H,6H2,1-2H3. The van der Waals surface area contributed by atoms with Gasteiger partial charge in [0.1, 0.15) is 5.69 Å². The molecule has 0 unspecified atom stereocenters. The van der Waals surface area contributed by atoms with Crippen LogP contribution in [0.5, 0.6) is 0 Å². The third-order valence-corrected chi connectivity index (χ3v) is 2.24. The Labute approximate surface area is 86.8 Å². The van der Waals surface area contributed by atoms with Gasteiger partial charge >= 0.3 is 5.97 Å². The van der Waals surface area contributed by atoms with E-state index in [0.717, 1.165) is 10.9 Å². The van der Waals surface area contributed by atoms with E-state index in [4.69, 9.17) is 4.52 Å². The Kier molecular flexibility index (Phi) is 2.41. The van der Waals surface area contributed by atoms with E-state index in [-0.39, 0.29) is 12.4 Å². The molecule has 0 atom stereocenters. The maximum Gasteiger partial charge on any atom is 0.311 e. The second kappa shape index (κ2) is 3.73. The first kappa shape index (κ1) is 9.71. The molecule has 0 bridgehead atoms. The molecule has 4 heteroatoms. The first-order valence-electron chi connectivity index (χ1n) is 4.62. The van der Waals surface area contributed by atoms with E-state index in [2.05, 4.69) is 9.89 Å². The van der Waals surface area contributed by atoms with Gasteiger partial charge in [0.05, 0.1) is 13.5 Å². The highest BCUT2D eigenvalue weighted by molar-refractivity contribution is 5.84. The van der Waals surface area contributed by atoms with Crippen molar-refractivity contribution in [2.24, 2.45) is 0 Å². The van der Waals surface area contributed by atoms with Crippen LogP contribution in [0.2, 0.25) is 0 Å². The highest BCUT2D eigenvalue weighted by Gasteiger charge is 2.12. The third kappa shape index (κ3) is 1.83. The van der Waals surface area contributed by atoms with Gasteiger partial charge in [0.15, 0.2) is 5.58 Å². The molecule has 1 aromatic heterocycles. The van der Waals surface area contributed by atoms with Crippen LogP contribution in [0.4, 0.5) is 0 Å². The van der Waals surface area contributed by atoms with Crippen LogP contribution >= 0.6 is 0 Å². The average Bonchev–Trinajstić information content (AvgIpc) is 2.60. The summed E-state index contributed by atoms with van der Waals surface area (Å²) in [6.45, 7) is 1.97. The van der Waals surface area contributed by atoms with Gasteiger partial charge in [-0.15, -0.1) is 0 Å². The monoisotopic (exact) mass is 205 g/mol. The molecular formula is C11H11NO3. The van der Waals surface area contributed by atoms with E-state index >= 15 is 0 Å². The Morgan fingerprint density at radius 1 is 1.53 bits per heavy atom. The molecule has 0 fully saturated rings. The number of benzene rings is 1. The summed E-state index contributed by atoms with van der Waals surface area (Å²) in [5.74, 6) is -0.314. The van der Waals surface area contributed by atoms with E-state index in [1.807, 2.05) is 25.1 Å². The minimum Gasteiger partial charge on any atom is -0.469 e. The second-order valence-electron chi connectivity index (χ2n) is 3.38. The SMILES string of the molecule is COC(=O)Cc1noc2cc(C)ccc12. The van der Waals surface area contributed by atoms with Gasteiger partial charge in [-0.3, -0.25) is 4.79 Å². The Hall–Kier alpha value is -1.84. The molecule has 0 N–H and O–H groups in total. The molecule has 0 aliphatic rings. The number of aryl methyl sites for hydroxylation is 1. The van der Waals surface area contributed by atoms with Crippen molar-refractivity contribution in [1.82, 2.24) is 5.16 Å². The van der Waals surface area contributed by atoms with Crippen LogP contribution in [0.25, 0.3) is 11.0 Å². The number of fused-ring (bicyclic) bond motifs is 1. The summed E-state index contributed by atoms with van der Waals surface area (Å²) in [5, 5.41) is 4.72. The number of nitrogens with zero attached hydrogens (tertiary/aromatic N) is 1. The number of esters is 1. The van der Waals surface area contributed by atoms with E-state index in [0.29, 0.717) is 11.3 Å². The molecule has 0 amide bonds. The van der Waals surface area contributed by atoms with Crippen LogP contribution in [0.1, 0.15) is 11.3 Å². The fourth-order valence-corrected chi connectivity index (χ4v) is 1.43. The highest BCUT2D eigenvalue weighted by Crippen LogP contribution is 2.20. The molecule has 0 spiro atoms. The van der Waals surface area contributed by atoms with Gasteiger partial charge < -0.3 is 9.26 Å². The summed E-state index contributed by atoms with van der Waals surface area (Å²) in [4.78, 5) is 11.1. The number of aromatic nitrogens is 1. The second-order valence-corrected chi connectivity index (χ2v) is 3.38. The van der Waals surface area contributed by atoms with Crippen molar-refractivity contribution in [2.75, 3.05) is 7.11 Å². The summed E-state index contributed by atoms with van der Waals surface area (Å²) in [5.41, 5.74) is 2.43. The van der Waals surface area contributed by atoms with Gasteiger partial charge in [-0.25, -0.2) is 0 Å². The topological polar surface area (TPSA) is 52.3 Å². The van der Waals surface area contributed by atoms with Crippen LogP contribution in [0.3, 0.4) is 0 Å². The molecular weight excluding hydrogens is 194 g/mol. The van der Waals surface area contributed by atoms with E-state index in [1.54, 1.807) is 0 Å². The first-order valence-corrected chi connectivity index (χ1v) is 4.62. The summed E-state index contributed by atoms with van der Waals surface area (Å²) in [7, 11) is 1.36. The molecule has 15 heavy (non-hydrogen) atoms. The quantitative estimate of drug-likeness (QED) is 0.702. The lowest BCUT2D eigenvalue weighted by Gasteiger charge is -1.95. The molecule has 78 valence electrons. The summed E-state index contributed by atoms with van der Waals surface area (Å²) in [6, 6.07) is 5.75. The van der Waals surface area contributed by atoms with Crippen molar-refractivity contribution >= 4 is 16.9 Å². The number of rotatable bonds is 2. The summed E-state index contributed by atoms with van der Waals surface area (Å²) >= 11 is 0. The molecule has 1 aromatic carbocycles. The van der Waals surface area contributed by atoms with Gasteiger partial charge in [-0.1, -0.05) is 11.2 Å². The van der Waals surface area contributed by atoms with Crippen LogP contribution < -0.4 is 0 Å². The smallest absolute Gasteiger partial charge is 0.311 e. The zero-order valence-corrected chi connectivity index (χ0v) is 8.61. The Balaban J connectivity index is 2.41. The van der Waals surface area contributed by atoms with Gasteiger partial charge in [0.25, 0.3) is 0 Å². The minimum atomic E-state index is -0.314. The fourth-order valence-electron chi connectivity index (χ4n) is 1.43. The highest BCUT2D eigenvalue weighted by atomic mass is 16.5. The zero-order chi connectivity index (χ0) is 10.8. The number of ether oxygens (including phenoxy) is 1. The van der Waals surface area contributed by atoms with Crippen molar-refractivity contribution in [3.8, 4) is 0 Å². The number of hydrogen-bond acceptors (Lipinski definition) is 4. The number of carbonyl (C=O) groups excluding carboxylic acids is 1. The lowest BCUT2D eigenvalue weighted by molar-refractivity contribution is -0.139. The molecule has 0 radical (unpaired) electrons. The van der Waals surface area contributed by atoms with Crippen LogP contribution in [-0.4, -0.2) is 18.2 Å². The molecule has 0 aliphatic heterocycles. The molecule has 2 aromatic rings. The maximum absolute atomic E-state index is 11.1. The van der Waals surface area contributed by atoms with Gasteiger partial charge in [-0.05, 0) is 24.6 Å². The Morgan fingerprint density at radius 3 is 3.07 bits per heavy atom. The number of methoxy groups -OCH3 is 1. The zero-order valence-electron chi connectivity index (χ0n) is 8.61. The number of hydrogen-bond donors (Lipinski definition) is 0. The normalized spacial score (nSPS) is 10.5. The fraction of sp³-hybridized carbons (Fsp3) is 0.273. The predicted octanol–water partition coefficient (Wildman–Crippen LogP) is 1.85. The van der Waals surface area contributed by atoms with E-state index in [9.17, 15) is 4.79 Å². The molecule has 1 heterocycles. The predicted molar refractivity (Wildman–Crippen MR) is 54.5 cm³/mol. The van der Waals surface area contributed by atoms with Gasteiger partial charge in [0.2, 0.25) is 0 Å². The summed E-state index contributed by atoms with van der Waals surface area (Å²) in [6.07, 6.45) is 0.145. The van der Waals surface area contributed by atoms with Gasteiger partial charge in [0, 0.05) is 5.39 Å². The van der Waals surface area contributed by atoms with Gasteiger partial charge in [-0.2, -0.15) is 0 Å². The van der Waals surface area contributed by atoms with Crippen LogP contribution in [0.15, 0.2) is 22.7 Å². The third-order valence-electron chi connectivity index (χ3n) is 2.24. The molecule has 0 aliphatic carbocycles. The van der Waals surface area contributed by atoms with Crippen molar-refractivity contribution in [3.63, 3.8) is 0 Å². The Bertz CT molecular complexity index is 502. The Morgan fingerprint density at radius 2 is 2.33 bits per heavy atom. The summed E-state index contributed by atoms with van der Waals surface area (Å²) < 4.78 is 9.69. The van der Waals surface area contributed by atoms with Crippen molar-refractivity contribution in [2.45, 2.75) is 13.3 Å². The van der Waals surface area contributed by atoms with Crippen molar-refractivity contribution < 1.29 is 14.1 Å². The largest absolute Gasteiger partial charge is 0.469 e. The van der Waals surface area contributed by atoms with Crippen LogP contribution in [0, 0.1) is 6.92 Å². The molecule has 4 nitrogen and oxygen atoms in total. The lowest BCUT2D eigenvalue weighted by Crippen LogP contribution is -2.04. The number of carbonyl (C=O) groups is 1. The minimum absolute atomic E-state index is 0.145. The van der Waals surface area contributed by atoms with Crippen molar-refractivity contribution in [3.05, 3.63) is 29.5 Å². The van der Waals surface area contributed by atoms with E-state index in [1.165, 1.54) is 7.11 Å². The molecule has 0 saturated heterocycles.